The molecule has 1 aliphatic heterocycles. The number of hydrogen-bond donors (Lipinski definition) is 2. The van der Waals surface area contributed by atoms with Crippen molar-refractivity contribution in [1.29, 1.82) is 0 Å². The molecule has 1 saturated carbocycles. The van der Waals surface area contributed by atoms with Crippen LogP contribution in [0.3, 0.4) is 0 Å². The molecular weight excluding hydrogens is 238 g/mol. The molecule has 2 heterocycles. The highest BCUT2D eigenvalue weighted by Crippen LogP contribution is 2.26. The first-order chi connectivity index (χ1) is 9.02. The first kappa shape index (κ1) is 12.7. The molecular formula is C14H23N5. The van der Waals surface area contributed by atoms with E-state index in [0.29, 0.717) is 6.04 Å². The van der Waals surface area contributed by atoms with Gasteiger partial charge in [0, 0.05) is 37.3 Å². The van der Waals surface area contributed by atoms with Gasteiger partial charge in [-0.1, -0.05) is 0 Å². The summed E-state index contributed by atoms with van der Waals surface area (Å²) < 4.78 is 0. The van der Waals surface area contributed by atoms with Gasteiger partial charge >= 0.3 is 0 Å². The van der Waals surface area contributed by atoms with Crippen molar-refractivity contribution in [3.8, 4) is 0 Å². The zero-order valence-corrected chi connectivity index (χ0v) is 12.0. The van der Waals surface area contributed by atoms with Gasteiger partial charge in [-0.2, -0.15) is 0 Å². The molecule has 1 saturated heterocycles. The van der Waals surface area contributed by atoms with Crippen LogP contribution in [0.5, 0.6) is 0 Å². The molecule has 2 fully saturated rings. The van der Waals surface area contributed by atoms with Gasteiger partial charge in [0.2, 0.25) is 0 Å². The number of piperazine rings is 1. The van der Waals surface area contributed by atoms with Gasteiger partial charge in [-0.15, -0.1) is 0 Å². The quantitative estimate of drug-likeness (QED) is 0.864. The van der Waals surface area contributed by atoms with Crippen LogP contribution in [0.25, 0.3) is 0 Å². The maximum atomic E-state index is 4.60. The smallest absolute Gasteiger partial charge is 0.134 e. The van der Waals surface area contributed by atoms with Crippen LogP contribution >= 0.6 is 0 Å². The van der Waals surface area contributed by atoms with E-state index in [1.807, 2.05) is 6.92 Å². The average molecular weight is 261 g/mol. The maximum Gasteiger partial charge on any atom is 0.134 e. The van der Waals surface area contributed by atoms with Gasteiger partial charge in [0.15, 0.2) is 0 Å². The lowest BCUT2D eigenvalue weighted by Crippen LogP contribution is -2.57. The van der Waals surface area contributed by atoms with Crippen molar-refractivity contribution in [2.24, 2.45) is 0 Å². The molecule has 5 heteroatoms. The fourth-order valence-electron chi connectivity index (χ4n) is 2.56. The molecule has 0 radical (unpaired) electrons. The van der Waals surface area contributed by atoms with Crippen LogP contribution in [0.4, 0.5) is 11.6 Å². The highest BCUT2D eigenvalue weighted by Gasteiger charge is 2.27. The normalized spacial score (nSPS) is 22.4. The summed E-state index contributed by atoms with van der Waals surface area (Å²) in [7, 11) is 0. The third-order valence-electron chi connectivity index (χ3n) is 3.65. The molecule has 0 unspecified atom stereocenters. The molecule has 3 rings (SSSR count). The van der Waals surface area contributed by atoms with Gasteiger partial charge in [-0.25, -0.2) is 9.97 Å². The zero-order chi connectivity index (χ0) is 13.5. The van der Waals surface area contributed by atoms with Crippen LogP contribution in [0.15, 0.2) is 6.07 Å². The van der Waals surface area contributed by atoms with E-state index >= 15 is 0 Å². The minimum absolute atomic E-state index is 0.140. The Labute approximate surface area is 114 Å². The standard InChI is InChI=1S/C14H23N5/c1-10-16-12(18-11-4-5-11)8-13(17-10)19-7-6-15-14(2,3)9-19/h8,11,15H,4-7,9H2,1-3H3,(H,16,17,18). The highest BCUT2D eigenvalue weighted by molar-refractivity contribution is 5.51. The Morgan fingerprint density at radius 1 is 1.37 bits per heavy atom. The second-order valence-electron chi connectivity index (χ2n) is 6.31. The second kappa shape index (κ2) is 4.63. The predicted molar refractivity (Wildman–Crippen MR) is 77.7 cm³/mol. The summed E-state index contributed by atoms with van der Waals surface area (Å²) in [6.45, 7) is 9.42. The average Bonchev–Trinajstić information content (AvgIpc) is 3.11. The monoisotopic (exact) mass is 261 g/mol. The zero-order valence-electron chi connectivity index (χ0n) is 12.0. The van der Waals surface area contributed by atoms with Crippen LogP contribution in [0, 0.1) is 6.92 Å². The summed E-state index contributed by atoms with van der Waals surface area (Å²) in [6, 6.07) is 2.72. The molecule has 1 aromatic heterocycles. The van der Waals surface area contributed by atoms with Crippen molar-refractivity contribution in [3.05, 3.63) is 11.9 Å². The topological polar surface area (TPSA) is 53.1 Å². The van der Waals surface area contributed by atoms with E-state index in [1.165, 1.54) is 12.8 Å². The molecule has 0 bridgehead atoms. The van der Waals surface area contributed by atoms with Crippen LogP contribution in [0.2, 0.25) is 0 Å². The highest BCUT2D eigenvalue weighted by atomic mass is 15.3. The van der Waals surface area contributed by atoms with Gasteiger partial charge < -0.3 is 15.5 Å². The molecule has 2 aliphatic rings. The molecule has 1 aliphatic carbocycles. The lowest BCUT2D eigenvalue weighted by molar-refractivity contribution is 0.351. The summed E-state index contributed by atoms with van der Waals surface area (Å²) in [6.07, 6.45) is 2.53. The van der Waals surface area contributed by atoms with Crippen molar-refractivity contribution in [3.63, 3.8) is 0 Å². The van der Waals surface area contributed by atoms with E-state index in [-0.39, 0.29) is 5.54 Å². The number of nitrogens with zero attached hydrogens (tertiary/aromatic N) is 3. The molecule has 0 spiro atoms. The Morgan fingerprint density at radius 3 is 2.84 bits per heavy atom. The summed E-state index contributed by atoms with van der Waals surface area (Å²) in [4.78, 5) is 11.4. The van der Waals surface area contributed by atoms with E-state index in [1.54, 1.807) is 0 Å². The number of nitrogens with one attached hydrogen (secondary N) is 2. The molecule has 19 heavy (non-hydrogen) atoms. The van der Waals surface area contributed by atoms with E-state index in [9.17, 15) is 0 Å². The van der Waals surface area contributed by atoms with E-state index in [2.05, 4.69) is 45.4 Å². The minimum atomic E-state index is 0.140. The van der Waals surface area contributed by atoms with Crippen molar-refractivity contribution in [1.82, 2.24) is 15.3 Å². The SMILES string of the molecule is Cc1nc(NC2CC2)cc(N2CCNC(C)(C)C2)n1. The first-order valence-electron chi connectivity index (χ1n) is 7.14. The van der Waals surface area contributed by atoms with Crippen molar-refractivity contribution in [2.45, 2.75) is 45.2 Å². The lowest BCUT2D eigenvalue weighted by Gasteiger charge is -2.39. The van der Waals surface area contributed by atoms with Gasteiger partial charge in [0.25, 0.3) is 0 Å². The van der Waals surface area contributed by atoms with Gasteiger partial charge in [-0.05, 0) is 33.6 Å². The Kier molecular flexibility index (Phi) is 3.09. The van der Waals surface area contributed by atoms with Crippen LogP contribution < -0.4 is 15.5 Å². The van der Waals surface area contributed by atoms with Crippen molar-refractivity contribution < 1.29 is 0 Å². The molecule has 5 nitrogen and oxygen atoms in total. The van der Waals surface area contributed by atoms with E-state index < -0.39 is 0 Å². The molecule has 104 valence electrons. The summed E-state index contributed by atoms with van der Waals surface area (Å²) in [5.41, 5.74) is 0.140. The summed E-state index contributed by atoms with van der Waals surface area (Å²) in [5.74, 6) is 2.86. The third kappa shape index (κ3) is 3.15. The summed E-state index contributed by atoms with van der Waals surface area (Å²) in [5, 5.41) is 6.99. The molecule has 0 atom stereocenters. The Hall–Kier alpha value is -1.36. The predicted octanol–water partition coefficient (Wildman–Crippen LogP) is 1.55. The summed E-state index contributed by atoms with van der Waals surface area (Å²) >= 11 is 0. The first-order valence-corrected chi connectivity index (χ1v) is 7.14. The second-order valence-corrected chi connectivity index (χ2v) is 6.31. The number of anilines is 2. The maximum absolute atomic E-state index is 4.60. The minimum Gasteiger partial charge on any atom is -0.367 e. The van der Waals surface area contributed by atoms with Gasteiger partial charge in [0.05, 0.1) is 0 Å². The largest absolute Gasteiger partial charge is 0.367 e. The molecule has 1 aromatic rings. The molecule has 0 amide bonds. The Bertz CT molecular complexity index is 467. The van der Waals surface area contributed by atoms with Gasteiger partial charge in [0.1, 0.15) is 17.5 Å². The van der Waals surface area contributed by atoms with Crippen LogP contribution in [-0.4, -0.2) is 41.2 Å². The van der Waals surface area contributed by atoms with Crippen molar-refractivity contribution in [2.75, 3.05) is 29.9 Å². The van der Waals surface area contributed by atoms with Crippen molar-refractivity contribution >= 4 is 11.6 Å². The fourth-order valence-corrected chi connectivity index (χ4v) is 2.56. The van der Waals surface area contributed by atoms with Crippen LogP contribution in [-0.2, 0) is 0 Å². The molecule has 2 N–H and O–H groups in total. The Morgan fingerprint density at radius 2 is 2.16 bits per heavy atom. The number of aromatic nitrogens is 2. The third-order valence-corrected chi connectivity index (χ3v) is 3.65. The van der Waals surface area contributed by atoms with Crippen LogP contribution in [0.1, 0.15) is 32.5 Å². The van der Waals surface area contributed by atoms with E-state index in [4.69, 9.17) is 0 Å². The Balaban J connectivity index is 1.80. The molecule has 0 aromatic carbocycles. The number of hydrogen-bond acceptors (Lipinski definition) is 5. The number of rotatable bonds is 3. The lowest BCUT2D eigenvalue weighted by atomic mass is 10.0. The fraction of sp³-hybridized carbons (Fsp3) is 0.714. The number of aryl methyl sites for hydroxylation is 1. The van der Waals surface area contributed by atoms with Gasteiger partial charge in [-0.3, -0.25) is 0 Å². The van der Waals surface area contributed by atoms with E-state index in [0.717, 1.165) is 37.1 Å².